The van der Waals surface area contributed by atoms with Crippen LogP contribution in [-0.4, -0.2) is 60.0 Å². The van der Waals surface area contributed by atoms with Crippen LogP contribution in [0, 0.1) is 0 Å². The Morgan fingerprint density at radius 1 is 1.12 bits per heavy atom. The fraction of sp³-hybridized carbons (Fsp3) is 0.353. The van der Waals surface area contributed by atoms with Crippen LogP contribution >= 0.6 is 0 Å². The van der Waals surface area contributed by atoms with E-state index in [0.29, 0.717) is 12.2 Å². The number of ether oxygens (including phenoxy) is 1. The van der Waals surface area contributed by atoms with Crippen LogP contribution in [0.5, 0.6) is 0 Å². The van der Waals surface area contributed by atoms with Gasteiger partial charge in [0.1, 0.15) is 5.69 Å². The van der Waals surface area contributed by atoms with E-state index >= 15 is 0 Å². The smallest absolute Gasteiger partial charge is 0.271 e. The molecule has 2 heterocycles. The van der Waals surface area contributed by atoms with Crippen molar-refractivity contribution >= 4 is 5.91 Å². The van der Waals surface area contributed by atoms with Crippen molar-refractivity contribution in [3.8, 4) is 5.69 Å². The summed E-state index contributed by atoms with van der Waals surface area (Å²) in [6.45, 7) is 4.54. The van der Waals surface area contributed by atoms with Gasteiger partial charge in [0.15, 0.2) is 0 Å². The van der Waals surface area contributed by atoms with Crippen LogP contribution in [0.2, 0.25) is 0 Å². The number of nitrogens with one attached hydrogen (secondary N) is 1. The lowest BCUT2D eigenvalue weighted by molar-refractivity contribution is 0.0383. The molecule has 0 bridgehead atoms. The zero-order valence-electron chi connectivity index (χ0n) is 13.4. The Morgan fingerprint density at radius 2 is 1.88 bits per heavy atom. The Morgan fingerprint density at radius 3 is 2.62 bits per heavy atom. The topological polar surface area (TPSA) is 76.5 Å². The van der Waals surface area contributed by atoms with Crippen molar-refractivity contribution in [1.29, 1.82) is 0 Å². The SMILES string of the molecule is O=C(NCCN1CCOCC1)c1ccc(=O)n(-c2ccccc2)n1. The van der Waals surface area contributed by atoms with Crippen molar-refractivity contribution in [2.75, 3.05) is 39.4 Å². The molecule has 1 fully saturated rings. The average Bonchev–Trinajstić information content (AvgIpc) is 2.63. The molecular formula is C17H20N4O3. The maximum Gasteiger partial charge on any atom is 0.271 e. The zero-order chi connectivity index (χ0) is 16.8. The Balaban J connectivity index is 1.63. The van der Waals surface area contributed by atoms with E-state index in [0.717, 1.165) is 32.8 Å². The summed E-state index contributed by atoms with van der Waals surface area (Å²) in [6.07, 6.45) is 0. The minimum absolute atomic E-state index is 0.223. The van der Waals surface area contributed by atoms with Crippen LogP contribution in [0.1, 0.15) is 10.5 Å². The van der Waals surface area contributed by atoms with Crippen molar-refractivity contribution in [3.05, 3.63) is 58.5 Å². The number of nitrogens with zero attached hydrogens (tertiary/aromatic N) is 3. The summed E-state index contributed by atoms with van der Waals surface area (Å²) in [5, 5.41) is 7.01. The third kappa shape index (κ3) is 4.06. The van der Waals surface area contributed by atoms with Gasteiger partial charge in [0.05, 0.1) is 18.9 Å². The second-order valence-corrected chi connectivity index (χ2v) is 5.51. The largest absolute Gasteiger partial charge is 0.379 e. The Hall–Kier alpha value is -2.51. The van der Waals surface area contributed by atoms with Crippen molar-refractivity contribution in [2.45, 2.75) is 0 Å². The van der Waals surface area contributed by atoms with Crippen molar-refractivity contribution < 1.29 is 9.53 Å². The normalized spacial score (nSPS) is 15.2. The molecule has 2 aromatic rings. The monoisotopic (exact) mass is 328 g/mol. The molecule has 1 aliphatic heterocycles. The highest BCUT2D eigenvalue weighted by Crippen LogP contribution is 2.02. The van der Waals surface area contributed by atoms with E-state index < -0.39 is 0 Å². The van der Waals surface area contributed by atoms with E-state index in [9.17, 15) is 9.59 Å². The predicted molar refractivity (Wildman–Crippen MR) is 89.4 cm³/mol. The van der Waals surface area contributed by atoms with E-state index in [1.165, 1.54) is 16.8 Å². The number of hydrogen-bond acceptors (Lipinski definition) is 5. The van der Waals surface area contributed by atoms with Gasteiger partial charge in [-0.1, -0.05) is 18.2 Å². The van der Waals surface area contributed by atoms with E-state index in [2.05, 4.69) is 15.3 Å². The Bertz CT molecular complexity index is 739. The first-order valence-electron chi connectivity index (χ1n) is 7.98. The number of morpholine rings is 1. The first-order valence-corrected chi connectivity index (χ1v) is 7.98. The summed E-state index contributed by atoms with van der Waals surface area (Å²) in [7, 11) is 0. The molecule has 1 aromatic carbocycles. The molecule has 24 heavy (non-hydrogen) atoms. The summed E-state index contributed by atoms with van der Waals surface area (Å²) in [5.74, 6) is -0.284. The van der Waals surface area contributed by atoms with Crippen LogP contribution < -0.4 is 10.9 Å². The van der Waals surface area contributed by atoms with Crippen LogP contribution in [0.3, 0.4) is 0 Å². The summed E-state index contributed by atoms with van der Waals surface area (Å²) in [4.78, 5) is 26.5. The van der Waals surface area contributed by atoms with E-state index in [4.69, 9.17) is 4.74 Å². The first kappa shape index (κ1) is 16.4. The molecule has 1 aliphatic rings. The van der Waals surface area contributed by atoms with Gasteiger partial charge in [0.25, 0.3) is 11.5 Å². The number of benzene rings is 1. The van der Waals surface area contributed by atoms with E-state index in [1.807, 2.05) is 18.2 Å². The fourth-order valence-electron chi connectivity index (χ4n) is 2.53. The summed E-state index contributed by atoms with van der Waals surface area (Å²) in [6, 6.07) is 11.8. The molecule has 7 heteroatoms. The van der Waals surface area contributed by atoms with Gasteiger partial charge in [0.2, 0.25) is 0 Å². The minimum Gasteiger partial charge on any atom is -0.379 e. The summed E-state index contributed by atoms with van der Waals surface area (Å²) >= 11 is 0. The second kappa shape index (κ2) is 7.85. The van der Waals surface area contributed by atoms with Gasteiger partial charge in [-0.3, -0.25) is 14.5 Å². The lowest BCUT2D eigenvalue weighted by Crippen LogP contribution is -2.41. The molecule has 0 unspecified atom stereocenters. The Kier molecular flexibility index (Phi) is 5.35. The van der Waals surface area contributed by atoms with Gasteiger partial charge in [0, 0.05) is 32.2 Å². The van der Waals surface area contributed by atoms with Crippen molar-refractivity contribution in [3.63, 3.8) is 0 Å². The molecule has 0 saturated carbocycles. The van der Waals surface area contributed by atoms with Gasteiger partial charge in [-0.2, -0.15) is 9.78 Å². The highest BCUT2D eigenvalue weighted by atomic mass is 16.5. The van der Waals surface area contributed by atoms with Crippen LogP contribution in [0.4, 0.5) is 0 Å². The molecule has 1 amide bonds. The molecule has 1 saturated heterocycles. The van der Waals surface area contributed by atoms with Gasteiger partial charge in [-0.15, -0.1) is 0 Å². The lowest BCUT2D eigenvalue weighted by Gasteiger charge is -2.26. The number of carbonyl (C=O) groups excluding carboxylic acids is 1. The van der Waals surface area contributed by atoms with Gasteiger partial charge in [-0.25, -0.2) is 0 Å². The lowest BCUT2D eigenvalue weighted by atomic mass is 10.3. The third-order valence-corrected chi connectivity index (χ3v) is 3.85. The van der Waals surface area contributed by atoms with Crippen LogP contribution in [-0.2, 0) is 4.74 Å². The second-order valence-electron chi connectivity index (χ2n) is 5.51. The molecule has 3 rings (SSSR count). The molecular weight excluding hydrogens is 308 g/mol. The molecule has 7 nitrogen and oxygen atoms in total. The molecule has 0 radical (unpaired) electrons. The molecule has 0 atom stereocenters. The standard InChI is InChI=1S/C17H20N4O3/c22-16-7-6-15(19-21(16)14-4-2-1-3-5-14)17(23)18-8-9-20-10-12-24-13-11-20/h1-7H,8-13H2,(H,18,23). The van der Waals surface area contributed by atoms with Crippen molar-refractivity contribution in [2.24, 2.45) is 0 Å². The average molecular weight is 328 g/mol. The number of carbonyl (C=O) groups is 1. The number of hydrogen-bond donors (Lipinski definition) is 1. The third-order valence-electron chi connectivity index (χ3n) is 3.85. The Labute approximate surface area is 139 Å². The van der Waals surface area contributed by atoms with Crippen LogP contribution in [0.15, 0.2) is 47.3 Å². The number of amides is 1. The summed E-state index contributed by atoms with van der Waals surface area (Å²) < 4.78 is 6.52. The molecule has 0 spiro atoms. The fourth-order valence-corrected chi connectivity index (χ4v) is 2.53. The van der Waals surface area contributed by atoms with Gasteiger partial charge in [-0.05, 0) is 18.2 Å². The highest BCUT2D eigenvalue weighted by Gasteiger charge is 2.13. The maximum absolute atomic E-state index is 12.2. The predicted octanol–water partition coefficient (Wildman–Crippen LogP) is 0.295. The summed E-state index contributed by atoms with van der Waals surface area (Å²) in [5.41, 5.74) is 0.581. The van der Waals surface area contributed by atoms with Gasteiger partial charge < -0.3 is 10.1 Å². The molecule has 126 valence electrons. The van der Waals surface area contributed by atoms with E-state index in [1.54, 1.807) is 12.1 Å². The van der Waals surface area contributed by atoms with Crippen LogP contribution in [0.25, 0.3) is 5.69 Å². The molecule has 0 aliphatic carbocycles. The van der Waals surface area contributed by atoms with Gasteiger partial charge >= 0.3 is 0 Å². The molecule has 1 aromatic heterocycles. The first-order chi connectivity index (χ1) is 11.7. The highest BCUT2D eigenvalue weighted by molar-refractivity contribution is 5.92. The molecule has 1 N–H and O–H groups in total. The zero-order valence-corrected chi connectivity index (χ0v) is 13.4. The number of rotatable bonds is 5. The number of para-hydroxylation sites is 1. The number of aromatic nitrogens is 2. The quantitative estimate of drug-likeness (QED) is 0.854. The maximum atomic E-state index is 12.2. The van der Waals surface area contributed by atoms with E-state index in [-0.39, 0.29) is 17.2 Å². The van der Waals surface area contributed by atoms with Crippen molar-refractivity contribution in [1.82, 2.24) is 20.0 Å². The minimum atomic E-state index is -0.284.